The van der Waals surface area contributed by atoms with Gasteiger partial charge in [0.25, 0.3) is 0 Å². The molecule has 1 amide bonds. The molecule has 0 spiro atoms. The lowest BCUT2D eigenvalue weighted by Gasteiger charge is -2.27. The van der Waals surface area contributed by atoms with Gasteiger partial charge in [0.2, 0.25) is 11.0 Å². The van der Waals surface area contributed by atoms with Gasteiger partial charge in [-0.2, -0.15) is 0 Å². The Labute approximate surface area is 145 Å². The smallest absolute Gasteiger partial charge is 0.326 e. The third-order valence-electron chi connectivity index (χ3n) is 4.86. The second-order valence-corrected chi connectivity index (χ2v) is 7.59. The number of likely N-dealkylation sites (tertiary alicyclic amines) is 1. The third-order valence-corrected chi connectivity index (χ3v) is 6.18. The average molecular weight is 347 g/mol. The van der Waals surface area contributed by atoms with E-state index in [1.807, 2.05) is 18.2 Å². The molecule has 3 atom stereocenters. The maximum atomic E-state index is 12.8. The Morgan fingerprint density at radius 3 is 2.50 bits per heavy atom. The van der Waals surface area contributed by atoms with Gasteiger partial charge in [0, 0.05) is 17.4 Å². The van der Waals surface area contributed by atoms with Gasteiger partial charge >= 0.3 is 5.97 Å². The summed E-state index contributed by atoms with van der Waals surface area (Å²) in [6, 6.07) is 8.38. The van der Waals surface area contributed by atoms with Crippen LogP contribution in [-0.4, -0.2) is 44.8 Å². The Kier molecular flexibility index (Phi) is 5.23. The van der Waals surface area contributed by atoms with Crippen molar-refractivity contribution in [2.45, 2.75) is 43.4 Å². The van der Waals surface area contributed by atoms with Crippen LogP contribution in [0.1, 0.15) is 42.5 Å². The lowest BCUT2D eigenvalue weighted by atomic mass is 10.1. The molecule has 128 valence electrons. The van der Waals surface area contributed by atoms with Gasteiger partial charge in [-0.25, -0.2) is 4.79 Å². The first-order valence-corrected chi connectivity index (χ1v) is 9.25. The summed E-state index contributed by atoms with van der Waals surface area (Å²) in [7, 11) is 0. The van der Waals surface area contributed by atoms with Crippen molar-refractivity contribution in [3.63, 3.8) is 0 Å². The van der Waals surface area contributed by atoms with Crippen LogP contribution in [0.2, 0.25) is 0 Å². The van der Waals surface area contributed by atoms with E-state index in [2.05, 4.69) is 0 Å². The molecule has 0 aromatic heterocycles. The molecule has 1 heterocycles. The Morgan fingerprint density at radius 2 is 1.79 bits per heavy atom. The fraction of sp³-hybridized carbons (Fsp3) is 0.500. The van der Waals surface area contributed by atoms with Gasteiger partial charge in [0.15, 0.2) is 0 Å². The number of rotatable bonds is 4. The molecular formula is C18H21NO4S. The van der Waals surface area contributed by atoms with Gasteiger partial charge in [0.1, 0.15) is 6.04 Å². The standard InChI is InChI=1S/C18H21NO4S/c20-16(19-11-5-9-14(19)17(21)22)13-8-4-10-15(13)24-18(23)12-6-2-1-3-7-12/h1-3,6-7,13-15H,4-5,8-11H2,(H,21,22)/t13-,14+,15+/m1/s1. The lowest BCUT2D eigenvalue weighted by Crippen LogP contribution is -2.44. The maximum Gasteiger partial charge on any atom is 0.326 e. The summed E-state index contributed by atoms with van der Waals surface area (Å²) in [6.45, 7) is 0.510. The first-order chi connectivity index (χ1) is 11.6. The minimum Gasteiger partial charge on any atom is -0.480 e. The molecule has 3 rings (SSSR count). The summed E-state index contributed by atoms with van der Waals surface area (Å²) in [5.74, 6) is -1.26. The SMILES string of the molecule is O=C(S[C@H]1CCC[C@H]1C(=O)N1CCC[C@H]1C(=O)O)c1ccccc1. The minimum absolute atomic E-state index is 0.0171. The van der Waals surface area contributed by atoms with E-state index >= 15 is 0 Å². The summed E-state index contributed by atoms with van der Waals surface area (Å²) < 4.78 is 0. The van der Waals surface area contributed by atoms with E-state index in [1.54, 1.807) is 12.1 Å². The third kappa shape index (κ3) is 3.48. The molecule has 6 heteroatoms. The Balaban J connectivity index is 1.68. The van der Waals surface area contributed by atoms with Crippen molar-refractivity contribution in [3.8, 4) is 0 Å². The van der Waals surface area contributed by atoms with Gasteiger partial charge in [0.05, 0.1) is 5.92 Å². The summed E-state index contributed by atoms with van der Waals surface area (Å²) in [5, 5.41) is 9.21. The van der Waals surface area contributed by atoms with Crippen LogP contribution < -0.4 is 0 Å². The lowest BCUT2D eigenvalue weighted by molar-refractivity contribution is -0.149. The Hall–Kier alpha value is -1.82. The average Bonchev–Trinajstić information content (AvgIpc) is 3.24. The Morgan fingerprint density at radius 1 is 1.04 bits per heavy atom. The summed E-state index contributed by atoms with van der Waals surface area (Å²) in [6.07, 6.45) is 3.72. The van der Waals surface area contributed by atoms with Crippen molar-refractivity contribution in [2.24, 2.45) is 5.92 Å². The van der Waals surface area contributed by atoms with Crippen LogP contribution in [0.3, 0.4) is 0 Å². The van der Waals surface area contributed by atoms with Crippen molar-refractivity contribution in [1.82, 2.24) is 4.90 Å². The van der Waals surface area contributed by atoms with Crippen molar-refractivity contribution >= 4 is 28.8 Å². The zero-order valence-corrected chi connectivity index (χ0v) is 14.2. The number of hydrogen-bond acceptors (Lipinski definition) is 4. The van der Waals surface area contributed by atoms with Gasteiger partial charge in [-0.3, -0.25) is 9.59 Å². The number of nitrogens with zero attached hydrogens (tertiary/aromatic N) is 1. The molecular weight excluding hydrogens is 326 g/mol. The fourth-order valence-electron chi connectivity index (χ4n) is 3.63. The van der Waals surface area contributed by atoms with Gasteiger partial charge in [-0.15, -0.1) is 0 Å². The molecule has 1 saturated carbocycles. The summed E-state index contributed by atoms with van der Waals surface area (Å²) in [4.78, 5) is 38.1. The predicted molar refractivity (Wildman–Crippen MR) is 91.9 cm³/mol. The Bertz CT molecular complexity index is 633. The molecule has 0 radical (unpaired) electrons. The molecule has 0 bridgehead atoms. The number of carboxylic acid groups (broad SMARTS) is 1. The normalized spacial score (nSPS) is 26.5. The van der Waals surface area contributed by atoms with Crippen LogP contribution in [0.5, 0.6) is 0 Å². The van der Waals surface area contributed by atoms with Crippen LogP contribution in [0.4, 0.5) is 0 Å². The van der Waals surface area contributed by atoms with Crippen LogP contribution in [-0.2, 0) is 9.59 Å². The number of benzene rings is 1. The van der Waals surface area contributed by atoms with Crippen LogP contribution in [0.15, 0.2) is 30.3 Å². The van der Waals surface area contributed by atoms with Gasteiger partial charge in [-0.05, 0) is 25.7 Å². The minimum atomic E-state index is -0.927. The maximum absolute atomic E-state index is 12.8. The van der Waals surface area contributed by atoms with Crippen molar-refractivity contribution < 1.29 is 19.5 Å². The fourth-order valence-corrected chi connectivity index (χ4v) is 4.88. The van der Waals surface area contributed by atoms with Gasteiger partial charge < -0.3 is 10.0 Å². The van der Waals surface area contributed by atoms with Gasteiger partial charge in [-0.1, -0.05) is 48.5 Å². The number of carbonyl (C=O) groups is 3. The number of hydrogen-bond donors (Lipinski definition) is 1. The number of carbonyl (C=O) groups excluding carboxylic acids is 2. The molecule has 24 heavy (non-hydrogen) atoms. The highest BCUT2D eigenvalue weighted by atomic mass is 32.2. The van der Waals surface area contributed by atoms with E-state index in [4.69, 9.17) is 0 Å². The highest BCUT2D eigenvalue weighted by Crippen LogP contribution is 2.38. The molecule has 5 nitrogen and oxygen atoms in total. The van der Waals surface area contributed by atoms with Crippen LogP contribution in [0, 0.1) is 5.92 Å². The van der Waals surface area contributed by atoms with E-state index < -0.39 is 12.0 Å². The second kappa shape index (κ2) is 7.38. The number of thioether (sulfide) groups is 1. The summed E-state index contributed by atoms with van der Waals surface area (Å²) in [5.41, 5.74) is 0.644. The van der Waals surface area contributed by atoms with E-state index in [0.717, 1.165) is 25.7 Å². The van der Waals surface area contributed by atoms with E-state index in [0.29, 0.717) is 18.5 Å². The molecule has 1 aliphatic carbocycles. The molecule has 2 aliphatic rings. The quantitative estimate of drug-likeness (QED) is 0.906. The molecule has 1 aromatic rings. The summed E-state index contributed by atoms with van der Waals surface area (Å²) >= 11 is 1.23. The molecule has 0 unspecified atom stereocenters. The van der Waals surface area contributed by atoms with E-state index in [9.17, 15) is 19.5 Å². The predicted octanol–water partition coefficient (Wildman–Crippen LogP) is 2.80. The highest BCUT2D eigenvalue weighted by molar-refractivity contribution is 8.14. The molecule has 2 fully saturated rings. The van der Waals surface area contributed by atoms with Crippen LogP contribution >= 0.6 is 11.8 Å². The second-order valence-electron chi connectivity index (χ2n) is 6.38. The zero-order chi connectivity index (χ0) is 17.1. The monoisotopic (exact) mass is 347 g/mol. The largest absolute Gasteiger partial charge is 0.480 e. The highest BCUT2D eigenvalue weighted by Gasteiger charge is 2.42. The zero-order valence-electron chi connectivity index (χ0n) is 13.4. The van der Waals surface area contributed by atoms with Crippen molar-refractivity contribution in [2.75, 3.05) is 6.54 Å². The number of aliphatic carboxylic acids is 1. The topological polar surface area (TPSA) is 74.7 Å². The number of carboxylic acids is 1. The molecule has 1 N–H and O–H groups in total. The van der Waals surface area contributed by atoms with Crippen molar-refractivity contribution in [1.29, 1.82) is 0 Å². The van der Waals surface area contributed by atoms with E-state index in [1.165, 1.54) is 16.7 Å². The van der Waals surface area contributed by atoms with Crippen molar-refractivity contribution in [3.05, 3.63) is 35.9 Å². The molecule has 1 aromatic carbocycles. The van der Waals surface area contributed by atoms with Crippen LogP contribution in [0.25, 0.3) is 0 Å². The molecule has 1 aliphatic heterocycles. The molecule has 1 saturated heterocycles. The first-order valence-electron chi connectivity index (χ1n) is 8.37. The van der Waals surface area contributed by atoms with E-state index in [-0.39, 0.29) is 22.2 Å². The first kappa shape index (κ1) is 17.0. The number of amides is 1.